The molecule has 0 unspecified atom stereocenters. The van der Waals surface area contributed by atoms with Crippen LogP contribution in [0.1, 0.15) is 35.7 Å². The molecule has 1 atom stereocenters. The summed E-state index contributed by atoms with van der Waals surface area (Å²) < 4.78 is 13.4. The Bertz CT molecular complexity index is 762. The molecule has 1 amide bonds. The lowest BCUT2D eigenvalue weighted by Crippen LogP contribution is -2.43. The predicted molar refractivity (Wildman–Crippen MR) is 101 cm³/mol. The molecule has 1 aliphatic heterocycles. The van der Waals surface area contributed by atoms with Gasteiger partial charge in [-0.3, -0.25) is 9.78 Å². The topological polar surface area (TPSA) is 36.4 Å². The summed E-state index contributed by atoms with van der Waals surface area (Å²) in [6.07, 6.45) is 2.66. The first-order chi connectivity index (χ1) is 12.5. The van der Waals surface area contributed by atoms with Gasteiger partial charge in [-0.2, -0.15) is 0 Å². The predicted octanol–water partition coefficient (Wildman–Crippen LogP) is 3.08. The van der Waals surface area contributed by atoms with Gasteiger partial charge in [0.15, 0.2) is 0 Å². The third-order valence-corrected chi connectivity index (χ3v) is 4.75. The van der Waals surface area contributed by atoms with Gasteiger partial charge in [-0.05, 0) is 56.8 Å². The fourth-order valence-electron chi connectivity index (χ4n) is 3.50. The van der Waals surface area contributed by atoms with Crippen molar-refractivity contribution in [3.8, 4) is 0 Å². The molecule has 5 heteroatoms. The third kappa shape index (κ3) is 4.88. The van der Waals surface area contributed by atoms with Gasteiger partial charge in [-0.25, -0.2) is 4.39 Å². The summed E-state index contributed by atoms with van der Waals surface area (Å²) in [5.74, 6) is 0.221. The van der Waals surface area contributed by atoms with E-state index in [2.05, 4.69) is 0 Å². The number of benzene rings is 1. The van der Waals surface area contributed by atoms with E-state index in [1.54, 1.807) is 12.1 Å². The molecule has 2 heterocycles. The number of halogens is 1. The molecule has 0 N–H and O–H groups in total. The Morgan fingerprint density at radius 1 is 1.27 bits per heavy atom. The van der Waals surface area contributed by atoms with Crippen LogP contribution >= 0.6 is 0 Å². The summed E-state index contributed by atoms with van der Waals surface area (Å²) in [6.45, 7) is 2.00. The summed E-state index contributed by atoms with van der Waals surface area (Å²) in [6, 6.07) is 12.7. The van der Waals surface area contributed by atoms with Gasteiger partial charge in [0.2, 0.25) is 5.91 Å². The van der Waals surface area contributed by atoms with Crippen LogP contribution in [-0.2, 0) is 11.2 Å². The van der Waals surface area contributed by atoms with Gasteiger partial charge in [0.25, 0.3) is 0 Å². The average molecular weight is 355 g/mol. The molecule has 0 bridgehead atoms. The Kier molecular flexibility index (Phi) is 5.99. The summed E-state index contributed by atoms with van der Waals surface area (Å²) in [4.78, 5) is 21.0. The van der Waals surface area contributed by atoms with Crippen LogP contribution in [0.25, 0.3) is 0 Å². The van der Waals surface area contributed by atoms with E-state index in [1.165, 1.54) is 6.07 Å². The zero-order chi connectivity index (χ0) is 18.5. The molecule has 1 saturated heterocycles. The zero-order valence-corrected chi connectivity index (χ0v) is 15.5. The second-order valence-corrected chi connectivity index (χ2v) is 7.28. The van der Waals surface area contributed by atoms with Gasteiger partial charge < -0.3 is 9.80 Å². The van der Waals surface area contributed by atoms with Gasteiger partial charge >= 0.3 is 0 Å². The van der Waals surface area contributed by atoms with Crippen molar-refractivity contribution in [1.29, 1.82) is 0 Å². The van der Waals surface area contributed by atoms with Crippen molar-refractivity contribution in [3.05, 3.63) is 65.2 Å². The van der Waals surface area contributed by atoms with Gasteiger partial charge in [-0.1, -0.05) is 18.2 Å². The number of pyridine rings is 1. The highest BCUT2D eigenvalue weighted by atomic mass is 19.1. The van der Waals surface area contributed by atoms with E-state index >= 15 is 0 Å². The fourth-order valence-corrected chi connectivity index (χ4v) is 3.50. The first kappa shape index (κ1) is 18.5. The minimum atomic E-state index is -0.221. The number of rotatable bonds is 5. The molecular weight excluding hydrogens is 329 g/mol. The Hall–Kier alpha value is -2.27. The van der Waals surface area contributed by atoms with E-state index in [0.717, 1.165) is 42.9 Å². The van der Waals surface area contributed by atoms with E-state index in [-0.39, 0.29) is 17.6 Å². The minimum absolute atomic E-state index is 0.176. The van der Waals surface area contributed by atoms with Crippen molar-refractivity contribution < 1.29 is 9.18 Å². The number of nitrogens with zero attached hydrogens (tertiary/aromatic N) is 3. The monoisotopic (exact) mass is 355 g/mol. The standard InChI is InChI=1S/C21H26FN3O/c1-24(2)15-21(26)25-11-5-7-17(14-25)20-10-4-9-19(23-20)13-16-6-3-8-18(22)12-16/h3-4,6,8-10,12,17H,5,7,11,13-15H2,1-2H3/t17-/m0/s1. The Balaban J connectivity index is 1.70. The maximum Gasteiger partial charge on any atom is 0.236 e. The highest BCUT2D eigenvalue weighted by Crippen LogP contribution is 2.26. The zero-order valence-electron chi connectivity index (χ0n) is 15.5. The lowest BCUT2D eigenvalue weighted by Gasteiger charge is -2.33. The molecule has 1 fully saturated rings. The van der Waals surface area contributed by atoms with Crippen LogP contribution in [0.15, 0.2) is 42.5 Å². The number of amides is 1. The molecule has 1 aromatic carbocycles. The largest absolute Gasteiger partial charge is 0.341 e. The summed E-state index contributed by atoms with van der Waals surface area (Å²) in [7, 11) is 3.83. The molecule has 26 heavy (non-hydrogen) atoms. The molecular formula is C21H26FN3O. The number of hydrogen-bond donors (Lipinski definition) is 0. The summed E-state index contributed by atoms with van der Waals surface area (Å²) in [5, 5.41) is 0. The lowest BCUT2D eigenvalue weighted by atomic mass is 9.93. The molecule has 4 nitrogen and oxygen atoms in total. The van der Waals surface area contributed by atoms with Crippen molar-refractivity contribution in [2.75, 3.05) is 33.7 Å². The number of likely N-dealkylation sites (tertiary alicyclic amines) is 1. The first-order valence-corrected chi connectivity index (χ1v) is 9.14. The van der Waals surface area contributed by atoms with E-state index in [1.807, 2.05) is 48.2 Å². The van der Waals surface area contributed by atoms with Crippen molar-refractivity contribution in [1.82, 2.24) is 14.8 Å². The van der Waals surface area contributed by atoms with Gasteiger partial charge in [-0.15, -0.1) is 0 Å². The Labute approximate surface area is 154 Å². The number of carbonyl (C=O) groups excluding carboxylic acids is 1. The number of aromatic nitrogens is 1. The molecule has 3 rings (SSSR count). The maximum atomic E-state index is 13.4. The van der Waals surface area contributed by atoms with Crippen LogP contribution < -0.4 is 0 Å². The Morgan fingerprint density at radius 3 is 2.85 bits per heavy atom. The average Bonchev–Trinajstić information content (AvgIpc) is 2.61. The van der Waals surface area contributed by atoms with E-state index in [4.69, 9.17) is 4.98 Å². The van der Waals surface area contributed by atoms with Crippen LogP contribution in [0.4, 0.5) is 4.39 Å². The smallest absolute Gasteiger partial charge is 0.236 e. The van der Waals surface area contributed by atoms with Crippen molar-refractivity contribution in [2.45, 2.75) is 25.2 Å². The van der Waals surface area contributed by atoms with Crippen molar-refractivity contribution >= 4 is 5.91 Å². The molecule has 2 aromatic rings. The fraction of sp³-hybridized carbons (Fsp3) is 0.429. The van der Waals surface area contributed by atoms with Gasteiger partial charge in [0.1, 0.15) is 5.82 Å². The van der Waals surface area contributed by atoms with E-state index in [0.29, 0.717) is 13.0 Å². The number of hydrogen-bond acceptors (Lipinski definition) is 3. The van der Waals surface area contributed by atoms with Crippen LogP contribution in [0, 0.1) is 5.82 Å². The van der Waals surface area contributed by atoms with Crippen LogP contribution in [0.5, 0.6) is 0 Å². The third-order valence-electron chi connectivity index (χ3n) is 4.75. The van der Waals surface area contributed by atoms with E-state index < -0.39 is 0 Å². The van der Waals surface area contributed by atoms with Crippen LogP contribution in [0.2, 0.25) is 0 Å². The van der Waals surface area contributed by atoms with Crippen molar-refractivity contribution in [2.24, 2.45) is 0 Å². The molecule has 1 aromatic heterocycles. The van der Waals surface area contributed by atoms with Gasteiger partial charge in [0.05, 0.1) is 6.54 Å². The molecule has 1 aliphatic rings. The molecule has 138 valence electrons. The maximum absolute atomic E-state index is 13.4. The summed E-state index contributed by atoms with van der Waals surface area (Å²) in [5.41, 5.74) is 2.88. The second-order valence-electron chi connectivity index (χ2n) is 7.28. The summed E-state index contributed by atoms with van der Waals surface area (Å²) >= 11 is 0. The second kappa shape index (κ2) is 8.41. The highest BCUT2D eigenvalue weighted by Gasteiger charge is 2.25. The molecule has 0 radical (unpaired) electrons. The number of carbonyl (C=O) groups is 1. The van der Waals surface area contributed by atoms with E-state index in [9.17, 15) is 9.18 Å². The SMILES string of the molecule is CN(C)CC(=O)N1CCC[C@H](c2cccc(Cc3cccc(F)c3)n2)C1. The van der Waals surface area contributed by atoms with Gasteiger partial charge in [0, 0.05) is 36.8 Å². The molecule has 0 aliphatic carbocycles. The first-order valence-electron chi connectivity index (χ1n) is 9.14. The molecule has 0 saturated carbocycles. The normalized spacial score (nSPS) is 17.5. The van der Waals surface area contributed by atoms with Crippen molar-refractivity contribution in [3.63, 3.8) is 0 Å². The lowest BCUT2D eigenvalue weighted by molar-refractivity contribution is -0.133. The molecule has 0 spiro atoms. The minimum Gasteiger partial charge on any atom is -0.341 e. The highest BCUT2D eigenvalue weighted by molar-refractivity contribution is 5.78. The quantitative estimate of drug-likeness (QED) is 0.827. The van der Waals surface area contributed by atoms with Crippen LogP contribution in [-0.4, -0.2) is 54.4 Å². The van der Waals surface area contributed by atoms with Crippen LogP contribution in [0.3, 0.4) is 0 Å². The Morgan fingerprint density at radius 2 is 2.08 bits per heavy atom. The number of likely N-dealkylation sites (N-methyl/N-ethyl adjacent to an activating group) is 1. The number of piperidine rings is 1.